The number of nitrogens with zero attached hydrogens (tertiary/aromatic N) is 1. The average Bonchev–Trinajstić information content (AvgIpc) is 3.09. The van der Waals surface area contributed by atoms with Crippen molar-refractivity contribution in [3.8, 4) is 5.75 Å². The van der Waals surface area contributed by atoms with Crippen molar-refractivity contribution in [2.75, 3.05) is 12.0 Å². The van der Waals surface area contributed by atoms with Gasteiger partial charge in [0, 0.05) is 16.3 Å². The Kier molecular flexibility index (Phi) is 6.10. The van der Waals surface area contributed by atoms with Crippen LogP contribution in [0, 0.1) is 0 Å². The molecule has 5 nitrogen and oxygen atoms in total. The SMILES string of the molecule is COc1cccc(C2/C(=C(\O)c3ccc(Cl)cc3)C(=O)C(=O)N2c2cccc(C(F)(F)F)c2)c1. The number of hydrogen-bond acceptors (Lipinski definition) is 4. The summed E-state index contributed by atoms with van der Waals surface area (Å²) in [5.41, 5.74) is -0.794. The topological polar surface area (TPSA) is 66.8 Å². The molecular formula is C25H17ClF3NO4. The number of methoxy groups -OCH3 is 1. The Bertz CT molecular complexity index is 1300. The van der Waals surface area contributed by atoms with Gasteiger partial charge in [0.15, 0.2) is 0 Å². The van der Waals surface area contributed by atoms with Crippen LogP contribution in [0.3, 0.4) is 0 Å². The normalized spacial score (nSPS) is 17.8. The first-order chi connectivity index (χ1) is 16.1. The third kappa shape index (κ3) is 4.24. The van der Waals surface area contributed by atoms with Gasteiger partial charge in [0.25, 0.3) is 11.7 Å². The molecule has 1 aliphatic rings. The highest BCUT2D eigenvalue weighted by molar-refractivity contribution is 6.51. The van der Waals surface area contributed by atoms with Gasteiger partial charge in [-0.1, -0.05) is 29.8 Å². The first-order valence-corrected chi connectivity index (χ1v) is 10.4. The quantitative estimate of drug-likeness (QED) is 0.279. The second kappa shape index (κ2) is 8.87. The number of alkyl halides is 3. The van der Waals surface area contributed by atoms with Gasteiger partial charge < -0.3 is 9.84 Å². The molecule has 1 heterocycles. The standard InChI is InChI=1S/C25H17ClF3NO4/c1-34-19-7-2-4-15(12-19)21-20(22(31)14-8-10-17(26)11-9-14)23(32)24(33)30(21)18-6-3-5-16(13-18)25(27,28)29/h2-13,21,31H,1H3/b22-20+. The summed E-state index contributed by atoms with van der Waals surface area (Å²) in [5, 5.41) is 11.4. The van der Waals surface area contributed by atoms with E-state index in [9.17, 15) is 27.9 Å². The number of Topliss-reactive ketones (excluding diaryl/α,β-unsaturated/α-hetero) is 1. The van der Waals surface area contributed by atoms with E-state index < -0.39 is 35.2 Å². The van der Waals surface area contributed by atoms with Crippen LogP contribution < -0.4 is 9.64 Å². The first-order valence-electron chi connectivity index (χ1n) is 10.00. The van der Waals surface area contributed by atoms with Gasteiger partial charge in [0.1, 0.15) is 11.5 Å². The monoisotopic (exact) mass is 487 g/mol. The lowest BCUT2D eigenvalue weighted by Gasteiger charge is -2.26. The molecule has 1 atom stereocenters. The van der Waals surface area contributed by atoms with E-state index in [1.807, 2.05) is 0 Å². The number of carbonyl (C=O) groups is 2. The minimum Gasteiger partial charge on any atom is -0.507 e. The fraction of sp³-hybridized carbons (Fsp3) is 0.120. The van der Waals surface area contributed by atoms with Crippen molar-refractivity contribution in [3.63, 3.8) is 0 Å². The van der Waals surface area contributed by atoms with E-state index in [1.54, 1.807) is 24.3 Å². The minimum absolute atomic E-state index is 0.139. The number of halogens is 4. The molecule has 1 fully saturated rings. The number of aliphatic hydroxyl groups excluding tert-OH is 1. The maximum Gasteiger partial charge on any atom is 0.416 e. The van der Waals surface area contributed by atoms with Crippen LogP contribution in [0.4, 0.5) is 18.9 Å². The van der Waals surface area contributed by atoms with Crippen LogP contribution >= 0.6 is 11.6 Å². The molecule has 0 aliphatic carbocycles. The molecule has 3 aromatic carbocycles. The molecule has 0 aromatic heterocycles. The van der Waals surface area contributed by atoms with Gasteiger partial charge in [-0.05, 0) is 60.2 Å². The lowest BCUT2D eigenvalue weighted by molar-refractivity contribution is -0.137. The zero-order chi connectivity index (χ0) is 24.6. The molecule has 3 aromatic rings. The summed E-state index contributed by atoms with van der Waals surface area (Å²) in [7, 11) is 1.43. The summed E-state index contributed by atoms with van der Waals surface area (Å²) in [5.74, 6) is -2.17. The van der Waals surface area contributed by atoms with Gasteiger partial charge in [-0.25, -0.2) is 0 Å². The zero-order valence-corrected chi connectivity index (χ0v) is 18.4. The van der Waals surface area contributed by atoms with Crippen molar-refractivity contribution >= 4 is 34.7 Å². The summed E-state index contributed by atoms with van der Waals surface area (Å²) in [4.78, 5) is 27.2. The van der Waals surface area contributed by atoms with Crippen LogP contribution in [0.5, 0.6) is 5.75 Å². The Morgan fingerprint density at radius 3 is 2.32 bits per heavy atom. The first kappa shape index (κ1) is 23.4. The predicted octanol–water partition coefficient (Wildman–Crippen LogP) is 5.99. The van der Waals surface area contributed by atoms with Gasteiger partial charge >= 0.3 is 6.18 Å². The summed E-state index contributed by atoms with van der Waals surface area (Å²) in [6.07, 6.45) is -4.65. The smallest absolute Gasteiger partial charge is 0.416 e. The Morgan fingerprint density at radius 2 is 1.68 bits per heavy atom. The highest BCUT2D eigenvalue weighted by atomic mass is 35.5. The highest BCUT2D eigenvalue weighted by Crippen LogP contribution is 2.44. The van der Waals surface area contributed by atoms with Crippen LogP contribution in [0.25, 0.3) is 5.76 Å². The van der Waals surface area contributed by atoms with Gasteiger partial charge in [-0.3, -0.25) is 14.5 Å². The van der Waals surface area contributed by atoms with Crippen molar-refractivity contribution in [2.45, 2.75) is 12.2 Å². The van der Waals surface area contributed by atoms with Crippen LogP contribution in [-0.4, -0.2) is 23.9 Å². The molecule has 1 amide bonds. The lowest BCUT2D eigenvalue weighted by Crippen LogP contribution is -2.29. The molecule has 0 radical (unpaired) electrons. The number of rotatable bonds is 4. The van der Waals surface area contributed by atoms with Crippen molar-refractivity contribution in [3.05, 3.63) is 100 Å². The van der Waals surface area contributed by atoms with Crippen LogP contribution in [0.2, 0.25) is 5.02 Å². The summed E-state index contributed by atoms with van der Waals surface area (Å²) in [6.45, 7) is 0. The molecule has 34 heavy (non-hydrogen) atoms. The number of carbonyl (C=O) groups excluding carboxylic acids is 2. The van der Waals surface area contributed by atoms with Gasteiger partial charge in [-0.2, -0.15) is 13.2 Å². The Balaban J connectivity index is 1.96. The maximum absolute atomic E-state index is 13.4. The van der Waals surface area contributed by atoms with Crippen LogP contribution in [0.1, 0.15) is 22.7 Å². The molecule has 174 valence electrons. The van der Waals surface area contributed by atoms with Gasteiger partial charge in [0.2, 0.25) is 0 Å². The fourth-order valence-electron chi connectivity index (χ4n) is 3.82. The maximum atomic E-state index is 13.4. The van der Waals surface area contributed by atoms with Crippen LogP contribution in [0.15, 0.2) is 78.4 Å². The highest BCUT2D eigenvalue weighted by Gasteiger charge is 2.47. The van der Waals surface area contributed by atoms with Crippen molar-refractivity contribution in [1.29, 1.82) is 0 Å². The Morgan fingerprint density at radius 1 is 1.00 bits per heavy atom. The van der Waals surface area contributed by atoms with Crippen molar-refractivity contribution in [2.24, 2.45) is 0 Å². The van der Waals surface area contributed by atoms with E-state index >= 15 is 0 Å². The van der Waals surface area contributed by atoms with E-state index in [4.69, 9.17) is 16.3 Å². The number of ether oxygens (including phenoxy) is 1. The van der Waals surface area contributed by atoms with Crippen molar-refractivity contribution < 1.29 is 32.6 Å². The van der Waals surface area contributed by atoms with Crippen molar-refractivity contribution in [1.82, 2.24) is 0 Å². The molecule has 4 rings (SSSR count). The predicted molar refractivity (Wildman–Crippen MR) is 121 cm³/mol. The third-order valence-electron chi connectivity index (χ3n) is 5.42. The molecular weight excluding hydrogens is 471 g/mol. The number of amides is 1. The average molecular weight is 488 g/mol. The summed E-state index contributed by atoms with van der Waals surface area (Å²) >= 11 is 5.91. The third-order valence-corrected chi connectivity index (χ3v) is 5.68. The number of anilines is 1. The zero-order valence-electron chi connectivity index (χ0n) is 17.6. The van der Waals surface area contributed by atoms with Crippen LogP contribution in [-0.2, 0) is 15.8 Å². The largest absolute Gasteiger partial charge is 0.507 e. The van der Waals surface area contributed by atoms with E-state index in [0.29, 0.717) is 16.3 Å². The Labute approximate surface area is 197 Å². The van der Waals surface area contributed by atoms with E-state index in [2.05, 4.69) is 0 Å². The Hall–Kier alpha value is -3.78. The molecule has 0 saturated carbocycles. The second-order valence-electron chi connectivity index (χ2n) is 7.50. The van der Waals surface area contributed by atoms with Gasteiger partial charge in [-0.15, -0.1) is 0 Å². The van der Waals surface area contributed by atoms with Gasteiger partial charge in [0.05, 0.1) is 24.3 Å². The molecule has 1 unspecified atom stereocenters. The number of hydrogen-bond donors (Lipinski definition) is 1. The summed E-state index contributed by atoms with van der Waals surface area (Å²) < 4.78 is 45.3. The molecule has 1 aliphatic heterocycles. The molecule has 1 N–H and O–H groups in total. The number of ketones is 1. The summed E-state index contributed by atoms with van der Waals surface area (Å²) in [6, 6.07) is 15.2. The molecule has 0 spiro atoms. The number of benzene rings is 3. The molecule has 9 heteroatoms. The lowest BCUT2D eigenvalue weighted by atomic mass is 9.95. The number of aliphatic hydroxyl groups is 1. The second-order valence-corrected chi connectivity index (χ2v) is 7.94. The molecule has 0 bridgehead atoms. The minimum atomic E-state index is -4.65. The fourth-order valence-corrected chi connectivity index (χ4v) is 3.95. The van der Waals surface area contributed by atoms with E-state index in [-0.39, 0.29) is 16.8 Å². The molecule has 1 saturated heterocycles. The van der Waals surface area contributed by atoms with E-state index in [0.717, 1.165) is 23.1 Å². The van der Waals surface area contributed by atoms with E-state index in [1.165, 1.54) is 37.4 Å².